The molecule has 90 valence electrons. The van der Waals surface area contributed by atoms with E-state index in [9.17, 15) is 4.79 Å². The van der Waals surface area contributed by atoms with Gasteiger partial charge in [-0.15, -0.1) is 11.6 Å². The maximum absolute atomic E-state index is 11.4. The van der Waals surface area contributed by atoms with Gasteiger partial charge >= 0.3 is 0 Å². The van der Waals surface area contributed by atoms with Crippen molar-refractivity contribution in [1.82, 2.24) is 10.2 Å². The topological polar surface area (TPSA) is 57.8 Å². The van der Waals surface area contributed by atoms with Gasteiger partial charge in [-0.25, -0.2) is 0 Å². The van der Waals surface area contributed by atoms with Gasteiger partial charge in [0.05, 0.1) is 0 Å². The van der Waals surface area contributed by atoms with Gasteiger partial charge in [0.2, 0.25) is 5.91 Å². The number of aromatic amines is 1. The summed E-state index contributed by atoms with van der Waals surface area (Å²) in [6.07, 6.45) is 4.21. The van der Waals surface area contributed by atoms with Gasteiger partial charge in [0.25, 0.3) is 0 Å². The van der Waals surface area contributed by atoms with E-state index in [2.05, 4.69) is 22.4 Å². The second-order valence-electron chi connectivity index (χ2n) is 3.72. The second-order valence-corrected chi connectivity index (χ2v) is 4.10. The zero-order chi connectivity index (χ0) is 11.8. The lowest BCUT2D eigenvalue weighted by molar-refractivity contribution is -0.116. The van der Waals surface area contributed by atoms with Crippen LogP contribution in [0, 0.1) is 0 Å². The van der Waals surface area contributed by atoms with Gasteiger partial charge in [-0.2, -0.15) is 5.10 Å². The summed E-state index contributed by atoms with van der Waals surface area (Å²) < 4.78 is 0. The fraction of sp³-hybridized carbons (Fsp3) is 0.636. The third kappa shape index (κ3) is 4.66. The molecule has 0 bridgehead atoms. The molecule has 4 nitrogen and oxygen atoms in total. The summed E-state index contributed by atoms with van der Waals surface area (Å²) in [5.74, 6) is 1.22. The predicted molar refractivity (Wildman–Crippen MR) is 65.8 cm³/mol. The summed E-state index contributed by atoms with van der Waals surface area (Å²) in [5.41, 5.74) is 1.05. The van der Waals surface area contributed by atoms with E-state index in [1.165, 1.54) is 0 Å². The normalized spacial score (nSPS) is 10.4. The molecule has 0 aliphatic heterocycles. The number of hydrogen-bond acceptors (Lipinski definition) is 2. The number of anilines is 1. The van der Waals surface area contributed by atoms with E-state index in [1.54, 1.807) is 0 Å². The third-order valence-corrected chi connectivity index (χ3v) is 2.47. The number of alkyl halides is 1. The molecule has 0 aromatic carbocycles. The van der Waals surface area contributed by atoms with Crippen LogP contribution in [0.2, 0.25) is 0 Å². The number of aryl methyl sites for hydroxylation is 1. The van der Waals surface area contributed by atoms with Crippen LogP contribution in [0.15, 0.2) is 6.07 Å². The largest absolute Gasteiger partial charge is 0.309 e. The summed E-state index contributed by atoms with van der Waals surface area (Å²) >= 11 is 5.53. The Balaban J connectivity index is 2.31. The Kier molecular flexibility index (Phi) is 5.93. The fourth-order valence-electron chi connectivity index (χ4n) is 1.41. The Morgan fingerprint density at radius 1 is 1.56 bits per heavy atom. The van der Waals surface area contributed by atoms with Gasteiger partial charge in [0.1, 0.15) is 0 Å². The van der Waals surface area contributed by atoms with E-state index in [1.807, 2.05) is 6.07 Å². The molecule has 16 heavy (non-hydrogen) atoms. The number of nitrogens with one attached hydrogen (secondary N) is 2. The molecule has 5 heteroatoms. The van der Waals surface area contributed by atoms with Crippen molar-refractivity contribution in [2.45, 2.75) is 39.0 Å². The number of hydrogen-bond donors (Lipinski definition) is 2. The molecule has 0 aliphatic rings. The van der Waals surface area contributed by atoms with Crippen molar-refractivity contribution in [2.24, 2.45) is 0 Å². The molecule has 0 atom stereocenters. The number of H-pyrrole nitrogens is 1. The van der Waals surface area contributed by atoms with Crippen LogP contribution in [0.1, 0.15) is 38.3 Å². The molecular formula is C11H18ClN3O. The molecule has 0 spiro atoms. The third-order valence-electron chi connectivity index (χ3n) is 2.21. The van der Waals surface area contributed by atoms with E-state index in [0.29, 0.717) is 18.1 Å². The van der Waals surface area contributed by atoms with Crippen LogP contribution < -0.4 is 5.32 Å². The van der Waals surface area contributed by atoms with Crippen LogP contribution in [0.4, 0.5) is 5.82 Å². The quantitative estimate of drug-likeness (QED) is 0.572. The number of halogens is 1. The van der Waals surface area contributed by atoms with E-state index in [-0.39, 0.29) is 5.91 Å². The standard InChI is InChI=1S/C11H18ClN3O/c1-2-5-9-8-10(15-14-9)13-11(16)6-3-4-7-12/h8H,2-7H2,1H3,(H2,13,14,15,16). The molecule has 1 amide bonds. The molecule has 2 N–H and O–H groups in total. The highest BCUT2D eigenvalue weighted by molar-refractivity contribution is 6.17. The maximum Gasteiger partial charge on any atom is 0.225 e. The van der Waals surface area contributed by atoms with Gasteiger partial charge in [0.15, 0.2) is 5.82 Å². The van der Waals surface area contributed by atoms with Crippen molar-refractivity contribution < 1.29 is 4.79 Å². The number of carbonyl (C=O) groups excluding carboxylic acids is 1. The first-order valence-corrected chi connectivity index (χ1v) is 6.19. The van der Waals surface area contributed by atoms with Crippen LogP contribution in [-0.4, -0.2) is 22.0 Å². The Morgan fingerprint density at radius 3 is 3.06 bits per heavy atom. The lowest BCUT2D eigenvalue weighted by Crippen LogP contribution is -2.11. The predicted octanol–water partition coefficient (Wildman–Crippen LogP) is 2.71. The van der Waals surface area contributed by atoms with Crippen LogP contribution in [0.5, 0.6) is 0 Å². The average Bonchev–Trinajstić information content (AvgIpc) is 2.66. The zero-order valence-corrected chi connectivity index (χ0v) is 10.3. The second kappa shape index (κ2) is 7.28. The van der Waals surface area contributed by atoms with Crippen LogP contribution in [0.3, 0.4) is 0 Å². The Bertz CT molecular complexity index is 325. The summed E-state index contributed by atoms with van der Waals surface area (Å²) in [4.78, 5) is 11.4. The Morgan fingerprint density at radius 2 is 2.38 bits per heavy atom. The highest BCUT2D eigenvalue weighted by Gasteiger charge is 2.05. The van der Waals surface area contributed by atoms with Crippen molar-refractivity contribution in [3.8, 4) is 0 Å². The molecule has 0 saturated carbocycles. The molecule has 1 aromatic heterocycles. The van der Waals surface area contributed by atoms with E-state index >= 15 is 0 Å². The van der Waals surface area contributed by atoms with Crippen molar-refractivity contribution in [1.29, 1.82) is 0 Å². The first kappa shape index (κ1) is 13.0. The molecule has 1 rings (SSSR count). The van der Waals surface area contributed by atoms with Crippen LogP contribution >= 0.6 is 11.6 Å². The van der Waals surface area contributed by atoms with Gasteiger partial charge < -0.3 is 5.32 Å². The summed E-state index contributed by atoms with van der Waals surface area (Å²) in [7, 11) is 0. The van der Waals surface area contributed by atoms with E-state index in [0.717, 1.165) is 31.4 Å². The van der Waals surface area contributed by atoms with Crippen LogP contribution in [-0.2, 0) is 11.2 Å². The zero-order valence-electron chi connectivity index (χ0n) is 9.55. The van der Waals surface area contributed by atoms with Gasteiger partial charge in [-0.1, -0.05) is 13.3 Å². The summed E-state index contributed by atoms with van der Waals surface area (Å²) in [6.45, 7) is 2.10. The molecule has 0 aliphatic carbocycles. The molecule has 0 fully saturated rings. The molecule has 0 unspecified atom stereocenters. The van der Waals surface area contributed by atoms with Crippen LogP contribution in [0.25, 0.3) is 0 Å². The van der Waals surface area contributed by atoms with Crippen molar-refractivity contribution in [3.63, 3.8) is 0 Å². The van der Waals surface area contributed by atoms with E-state index < -0.39 is 0 Å². The molecule has 0 radical (unpaired) electrons. The minimum absolute atomic E-state index is 0.000310. The molecule has 1 heterocycles. The smallest absolute Gasteiger partial charge is 0.225 e. The van der Waals surface area contributed by atoms with Gasteiger partial charge in [0, 0.05) is 24.1 Å². The number of carbonyl (C=O) groups is 1. The highest BCUT2D eigenvalue weighted by atomic mass is 35.5. The van der Waals surface area contributed by atoms with E-state index in [4.69, 9.17) is 11.6 Å². The average molecular weight is 244 g/mol. The number of unbranched alkanes of at least 4 members (excludes halogenated alkanes) is 1. The minimum atomic E-state index is -0.000310. The molecule has 0 saturated heterocycles. The Labute approximate surface area is 101 Å². The highest BCUT2D eigenvalue weighted by Crippen LogP contribution is 2.08. The van der Waals surface area contributed by atoms with Crippen molar-refractivity contribution in [2.75, 3.05) is 11.2 Å². The summed E-state index contributed by atoms with van der Waals surface area (Å²) in [5, 5.41) is 9.67. The first-order valence-electron chi connectivity index (χ1n) is 5.66. The summed E-state index contributed by atoms with van der Waals surface area (Å²) in [6, 6.07) is 1.88. The fourth-order valence-corrected chi connectivity index (χ4v) is 1.60. The first-order chi connectivity index (χ1) is 7.76. The molecular weight excluding hydrogens is 226 g/mol. The minimum Gasteiger partial charge on any atom is -0.309 e. The number of rotatable bonds is 7. The lowest BCUT2D eigenvalue weighted by atomic mass is 10.2. The maximum atomic E-state index is 11.4. The lowest BCUT2D eigenvalue weighted by Gasteiger charge is -1.99. The Hall–Kier alpha value is -1.03. The van der Waals surface area contributed by atoms with Gasteiger partial charge in [-0.05, 0) is 19.3 Å². The molecule has 1 aromatic rings. The number of amides is 1. The SMILES string of the molecule is CCCc1cc(NC(=O)CCCCCl)n[nH]1. The number of nitrogens with zero attached hydrogens (tertiary/aromatic N) is 1. The van der Waals surface area contributed by atoms with Crippen molar-refractivity contribution in [3.05, 3.63) is 11.8 Å². The van der Waals surface area contributed by atoms with Gasteiger partial charge in [-0.3, -0.25) is 9.89 Å². The number of aromatic nitrogens is 2. The van der Waals surface area contributed by atoms with Crippen molar-refractivity contribution >= 4 is 23.3 Å². The monoisotopic (exact) mass is 243 g/mol.